The van der Waals surface area contributed by atoms with Crippen LogP contribution in [0, 0.1) is 6.92 Å². The van der Waals surface area contributed by atoms with Gasteiger partial charge in [-0.3, -0.25) is 4.79 Å². The highest BCUT2D eigenvalue weighted by molar-refractivity contribution is 8.00. The van der Waals surface area contributed by atoms with Crippen LogP contribution in [0.1, 0.15) is 22.8 Å². The summed E-state index contributed by atoms with van der Waals surface area (Å²) in [4.78, 5) is 13.3. The van der Waals surface area contributed by atoms with Gasteiger partial charge in [0.05, 0.1) is 5.25 Å². The topological polar surface area (TPSA) is 17.1 Å². The molecule has 0 amide bonds. The molecule has 0 fully saturated rings. The second kappa shape index (κ2) is 5.87. The van der Waals surface area contributed by atoms with Crippen molar-refractivity contribution in [3.05, 3.63) is 65.7 Å². The van der Waals surface area contributed by atoms with Gasteiger partial charge in [-0.1, -0.05) is 48.0 Å². The van der Waals surface area contributed by atoms with Gasteiger partial charge >= 0.3 is 0 Å². The van der Waals surface area contributed by atoms with Crippen molar-refractivity contribution in [3.63, 3.8) is 0 Å². The van der Waals surface area contributed by atoms with Crippen LogP contribution in [-0.2, 0) is 0 Å². The van der Waals surface area contributed by atoms with E-state index in [4.69, 9.17) is 0 Å². The number of carbonyl (C=O) groups is 1. The third kappa shape index (κ3) is 3.23. The van der Waals surface area contributed by atoms with Gasteiger partial charge in [0, 0.05) is 10.5 Å². The summed E-state index contributed by atoms with van der Waals surface area (Å²) in [6.45, 7) is 4.02. The summed E-state index contributed by atoms with van der Waals surface area (Å²) in [6.07, 6.45) is 0. The molecule has 0 aliphatic carbocycles. The Hall–Kier alpha value is -1.54. The first-order valence-electron chi connectivity index (χ1n) is 5.99. The monoisotopic (exact) mass is 256 g/mol. The lowest BCUT2D eigenvalue weighted by molar-refractivity contribution is 0.0994. The summed E-state index contributed by atoms with van der Waals surface area (Å²) >= 11 is 1.61. The van der Waals surface area contributed by atoms with Gasteiger partial charge in [-0.15, -0.1) is 11.8 Å². The van der Waals surface area contributed by atoms with E-state index in [-0.39, 0.29) is 11.0 Å². The molecule has 92 valence electrons. The third-order valence-corrected chi connectivity index (χ3v) is 3.87. The largest absolute Gasteiger partial charge is 0.293 e. The van der Waals surface area contributed by atoms with Gasteiger partial charge in [0.25, 0.3) is 0 Å². The minimum absolute atomic E-state index is 0.0601. The highest BCUT2D eigenvalue weighted by atomic mass is 32.2. The first kappa shape index (κ1) is 12.9. The summed E-state index contributed by atoms with van der Waals surface area (Å²) < 4.78 is 0. The van der Waals surface area contributed by atoms with Crippen molar-refractivity contribution in [1.82, 2.24) is 0 Å². The lowest BCUT2D eigenvalue weighted by atomic mass is 10.1. The second-order valence-corrected chi connectivity index (χ2v) is 5.72. The van der Waals surface area contributed by atoms with E-state index in [0.29, 0.717) is 0 Å². The van der Waals surface area contributed by atoms with Gasteiger partial charge in [-0.05, 0) is 26.0 Å². The van der Waals surface area contributed by atoms with Gasteiger partial charge < -0.3 is 0 Å². The number of benzene rings is 2. The molecule has 18 heavy (non-hydrogen) atoms. The molecule has 0 radical (unpaired) electrons. The van der Waals surface area contributed by atoms with Gasteiger partial charge in [0.15, 0.2) is 5.78 Å². The summed E-state index contributed by atoms with van der Waals surface area (Å²) in [7, 11) is 0. The van der Waals surface area contributed by atoms with Crippen molar-refractivity contribution in [2.75, 3.05) is 0 Å². The Morgan fingerprint density at radius 2 is 1.61 bits per heavy atom. The van der Waals surface area contributed by atoms with Crippen LogP contribution in [0.3, 0.4) is 0 Å². The molecule has 2 rings (SSSR count). The maximum Gasteiger partial charge on any atom is 0.175 e. The molecule has 2 aromatic carbocycles. The predicted molar refractivity (Wildman–Crippen MR) is 77.3 cm³/mol. The number of aryl methyl sites for hydroxylation is 1. The average molecular weight is 256 g/mol. The van der Waals surface area contributed by atoms with E-state index >= 15 is 0 Å². The molecule has 2 heteroatoms. The maximum atomic E-state index is 12.2. The number of carbonyl (C=O) groups excluding carboxylic acids is 1. The number of rotatable bonds is 4. The standard InChI is InChI=1S/C16H16OS/c1-12-8-10-15(11-9-12)18-13(2)16(17)14-6-4-3-5-7-14/h3-11,13H,1-2H3/t13-/m0/s1. The predicted octanol–water partition coefficient (Wildman–Crippen LogP) is 4.36. The van der Waals surface area contributed by atoms with Crippen LogP contribution >= 0.6 is 11.8 Å². The second-order valence-electron chi connectivity index (χ2n) is 4.30. The molecule has 2 aromatic rings. The van der Waals surface area contributed by atoms with Crippen molar-refractivity contribution < 1.29 is 4.79 Å². The molecule has 0 bridgehead atoms. The average Bonchev–Trinajstić information content (AvgIpc) is 2.41. The van der Waals surface area contributed by atoms with Gasteiger partial charge in [0.1, 0.15) is 0 Å². The van der Waals surface area contributed by atoms with E-state index in [2.05, 4.69) is 31.2 Å². The minimum Gasteiger partial charge on any atom is -0.293 e. The first-order chi connectivity index (χ1) is 8.66. The first-order valence-corrected chi connectivity index (χ1v) is 6.87. The highest BCUT2D eigenvalue weighted by Gasteiger charge is 2.15. The SMILES string of the molecule is Cc1ccc(S[C@@H](C)C(=O)c2ccccc2)cc1. The Bertz CT molecular complexity index is 517. The van der Waals surface area contributed by atoms with Crippen LogP contribution in [0.4, 0.5) is 0 Å². The molecule has 0 aliphatic rings. The molecule has 0 N–H and O–H groups in total. The summed E-state index contributed by atoms with van der Waals surface area (Å²) in [5.74, 6) is 0.182. The van der Waals surface area contributed by atoms with Gasteiger partial charge in [-0.25, -0.2) is 0 Å². The number of hydrogen-bond donors (Lipinski definition) is 0. The van der Waals surface area contributed by atoms with Crippen molar-refractivity contribution in [3.8, 4) is 0 Å². The van der Waals surface area contributed by atoms with E-state index in [1.54, 1.807) is 11.8 Å². The normalized spacial score (nSPS) is 12.1. The Kier molecular flexibility index (Phi) is 4.21. The third-order valence-electron chi connectivity index (χ3n) is 2.76. The van der Waals surface area contributed by atoms with E-state index < -0.39 is 0 Å². The van der Waals surface area contributed by atoms with E-state index in [1.807, 2.05) is 37.3 Å². The zero-order chi connectivity index (χ0) is 13.0. The number of thioether (sulfide) groups is 1. The molecule has 0 unspecified atom stereocenters. The molecule has 0 saturated carbocycles. The number of Topliss-reactive ketones (excluding diaryl/α,β-unsaturated/α-hetero) is 1. The van der Waals surface area contributed by atoms with E-state index in [9.17, 15) is 4.79 Å². The Balaban J connectivity index is 2.06. The Labute approximate surface area is 112 Å². The van der Waals surface area contributed by atoms with Crippen LogP contribution in [-0.4, -0.2) is 11.0 Å². The smallest absolute Gasteiger partial charge is 0.175 e. The molecule has 0 aliphatic heterocycles. The van der Waals surface area contributed by atoms with Crippen LogP contribution in [0.15, 0.2) is 59.5 Å². The van der Waals surface area contributed by atoms with E-state index in [0.717, 1.165) is 10.5 Å². The zero-order valence-electron chi connectivity index (χ0n) is 10.6. The molecule has 0 heterocycles. The molecule has 0 aromatic heterocycles. The summed E-state index contributed by atoms with van der Waals surface area (Å²) in [5, 5.41) is -0.0601. The molecular formula is C16H16OS. The number of hydrogen-bond acceptors (Lipinski definition) is 2. The molecule has 1 nitrogen and oxygen atoms in total. The van der Waals surface area contributed by atoms with Crippen molar-refractivity contribution in [1.29, 1.82) is 0 Å². The Morgan fingerprint density at radius 1 is 1.00 bits per heavy atom. The summed E-state index contributed by atoms with van der Waals surface area (Å²) in [6, 6.07) is 17.7. The van der Waals surface area contributed by atoms with Crippen LogP contribution in [0.2, 0.25) is 0 Å². The van der Waals surface area contributed by atoms with Crippen molar-refractivity contribution >= 4 is 17.5 Å². The van der Waals surface area contributed by atoms with Crippen LogP contribution in [0.25, 0.3) is 0 Å². The number of ketones is 1. The molecular weight excluding hydrogens is 240 g/mol. The molecule has 0 spiro atoms. The summed E-state index contributed by atoms with van der Waals surface area (Å²) in [5.41, 5.74) is 2.02. The quantitative estimate of drug-likeness (QED) is 0.597. The fourth-order valence-corrected chi connectivity index (χ4v) is 2.66. The van der Waals surface area contributed by atoms with Gasteiger partial charge in [-0.2, -0.15) is 0 Å². The minimum atomic E-state index is -0.0601. The molecule has 0 saturated heterocycles. The Morgan fingerprint density at radius 3 is 2.22 bits per heavy atom. The highest BCUT2D eigenvalue weighted by Crippen LogP contribution is 2.25. The lowest BCUT2D eigenvalue weighted by Gasteiger charge is -2.10. The van der Waals surface area contributed by atoms with Gasteiger partial charge in [0.2, 0.25) is 0 Å². The van der Waals surface area contributed by atoms with Crippen molar-refractivity contribution in [2.24, 2.45) is 0 Å². The maximum absolute atomic E-state index is 12.2. The van der Waals surface area contributed by atoms with Crippen molar-refractivity contribution in [2.45, 2.75) is 24.0 Å². The fraction of sp³-hybridized carbons (Fsp3) is 0.188. The fourth-order valence-electron chi connectivity index (χ4n) is 1.71. The molecule has 1 atom stereocenters. The lowest BCUT2D eigenvalue weighted by Crippen LogP contribution is -2.13. The van der Waals surface area contributed by atoms with Crippen LogP contribution < -0.4 is 0 Å². The zero-order valence-corrected chi connectivity index (χ0v) is 11.4. The van der Waals surface area contributed by atoms with Crippen LogP contribution in [0.5, 0.6) is 0 Å². The van der Waals surface area contributed by atoms with E-state index in [1.165, 1.54) is 5.56 Å².